The lowest BCUT2D eigenvalue weighted by Gasteiger charge is -2.31. The van der Waals surface area contributed by atoms with Gasteiger partial charge in [-0.25, -0.2) is 9.18 Å². The summed E-state index contributed by atoms with van der Waals surface area (Å²) in [5.41, 5.74) is 0.608. The van der Waals surface area contributed by atoms with Crippen LogP contribution in [-0.2, 0) is 0 Å². The van der Waals surface area contributed by atoms with E-state index in [4.69, 9.17) is 11.6 Å². The second kappa shape index (κ2) is 5.57. The van der Waals surface area contributed by atoms with Crippen molar-refractivity contribution in [2.24, 2.45) is 0 Å². The fourth-order valence-corrected chi connectivity index (χ4v) is 2.28. The molecule has 3 nitrogen and oxygen atoms in total. The van der Waals surface area contributed by atoms with Crippen LogP contribution in [0.3, 0.4) is 0 Å². The largest absolute Gasteiger partial charge is 0.324 e. The second-order valence-corrected chi connectivity index (χ2v) is 4.89. The highest BCUT2D eigenvalue weighted by molar-refractivity contribution is 6.31. The molecule has 0 atom stereocenters. The Morgan fingerprint density at radius 1 is 1.33 bits per heavy atom. The Morgan fingerprint density at radius 2 is 2.00 bits per heavy atom. The van der Waals surface area contributed by atoms with Gasteiger partial charge >= 0.3 is 6.03 Å². The number of piperidine rings is 1. The van der Waals surface area contributed by atoms with Crippen molar-refractivity contribution < 1.29 is 9.18 Å². The molecular weight excluding hydrogens is 255 g/mol. The highest BCUT2D eigenvalue weighted by Crippen LogP contribution is 2.23. The summed E-state index contributed by atoms with van der Waals surface area (Å²) >= 11 is 5.72. The van der Waals surface area contributed by atoms with Crippen LogP contribution in [0.25, 0.3) is 0 Å². The third-order valence-corrected chi connectivity index (χ3v) is 3.49. The number of benzene rings is 1. The lowest BCUT2D eigenvalue weighted by atomic mass is 10.1. The van der Waals surface area contributed by atoms with Crippen molar-refractivity contribution in [3.63, 3.8) is 0 Å². The second-order valence-electron chi connectivity index (χ2n) is 4.49. The number of amides is 2. The highest BCUT2D eigenvalue weighted by Gasteiger charge is 2.21. The maximum Gasteiger partial charge on any atom is 0.324 e. The molecule has 1 aromatic carbocycles. The predicted molar refractivity (Wildman–Crippen MR) is 70.6 cm³/mol. The first kappa shape index (κ1) is 13.1. The smallest absolute Gasteiger partial charge is 0.324 e. The summed E-state index contributed by atoms with van der Waals surface area (Å²) in [4.78, 5) is 15.5. The lowest BCUT2D eigenvalue weighted by molar-refractivity contribution is 0.194. The van der Waals surface area contributed by atoms with Crippen molar-refractivity contribution in [3.8, 4) is 0 Å². The van der Waals surface area contributed by atoms with Gasteiger partial charge in [-0.1, -0.05) is 11.6 Å². The summed E-state index contributed by atoms with van der Waals surface area (Å²) in [5.74, 6) is -0.473. The molecule has 0 saturated carbocycles. The van der Waals surface area contributed by atoms with Gasteiger partial charge in [0.2, 0.25) is 0 Å². The highest BCUT2D eigenvalue weighted by atomic mass is 35.5. The van der Waals surface area contributed by atoms with Crippen LogP contribution in [0.2, 0.25) is 5.02 Å². The molecule has 5 heteroatoms. The van der Waals surface area contributed by atoms with E-state index < -0.39 is 5.82 Å². The molecule has 1 fully saturated rings. The van der Waals surface area contributed by atoms with E-state index in [1.54, 1.807) is 13.1 Å². The molecule has 18 heavy (non-hydrogen) atoms. The summed E-state index contributed by atoms with van der Waals surface area (Å²) in [6.45, 7) is 1.58. The van der Waals surface area contributed by atoms with Crippen LogP contribution in [-0.4, -0.2) is 31.1 Å². The molecule has 1 aliphatic heterocycles. The minimum Gasteiger partial charge on any atom is -0.324 e. The molecule has 1 heterocycles. The van der Waals surface area contributed by atoms with E-state index in [1.165, 1.54) is 23.5 Å². The molecule has 0 aliphatic carbocycles. The normalized spacial score (nSPS) is 15.6. The Hall–Kier alpha value is -1.29. The van der Waals surface area contributed by atoms with Crippen LogP contribution >= 0.6 is 11.6 Å². The Balaban J connectivity index is 2.11. The van der Waals surface area contributed by atoms with Gasteiger partial charge in [-0.05, 0) is 37.5 Å². The molecule has 0 radical (unpaired) electrons. The summed E-state index contributed by atoms with van der Waals surface area (Å²) in [5, 5.41) is 0.0331. The Kier molecular flexibility index (Phi) is 4.07. The van der Waals surface area contributed by atoms with Crippen molar-refractivity contribution in [1.82, 2.24) is 4.90 Å². The van der Waals surface area contributed by atoms with E-state index in [-0.39, 0.29) is 11.1 Å². The zero-order valence-corrected chi connectivity index (χ0v) is 11.1. The number of anilines is 1. The van der Waals surface area contributed by atoms with E-state index in [2.05, 4.69) is 0 Å². The number of carbonyl (C=O) groups is 1. The van der Waals surface area contributed by atoms with E-state index in [0.717, 1.165) is 25.9 Å². The monoisotopic (exact) mass is 270 g/mol. The summed E-state index contributed by atoms with van der Waals surface area (Å²) in [6, 6.07) is 4.25. The van der Waals surface area contributed by atoms with Crippen LogP contribution < -0.4 is 4.90 Å². The van der Waals surface area contributed by atoms with Gasteiger partial charge < -0.3 is 4.90 Å². The molecule has 0 aromatic heterocycles. The molecular formula is C13H16ClFN2O. The zero-order valence-electron chi connectivity index (χ0n) is 10.3. The number of halogens is 2. The molecule has 2 rings (SSSR count). The molecule has 98 valence electrons. The summed E-state index contributed by atoms with van der Waals surface area (Å²) in [7, 11) is 1.68. The van der Waals surface area contributed by atoms with Crippen molar-refractivity contribution in [1.29, 1.82) is 0 Å². The van der Waals surface area contributed by atoms with E-state index in [1.807, 2.05) is 4.90 Å². The quantitative estimate of drug-likeness (QED) is 0.766. The fraction of sp³-hybridized carbons (Fsp3) is 0.462. The number of hydrogen-bond acceptors (Lipinski definition) is 1. The van der Waals surface area contributed by atoms with Gasteiger partial charge in [-0.15, -0.1) is 0 Å². The van der Waals surface area contributed by atoms with Gasteiger partial charge in [0.25, 0.3) is 0 Å². The summed E-state index contributed by atoms with van der Waals surface area (Å²) < 4.78 is 13.1. The molecule has 2 amide bonds. The van der Waals surface area contributed by atoms with Crippen molar-refractivity contribution in [2.45, 2.75) is 19.3 Å². The van der Waals surface area contributed by atoms with Crippen molar-refractivity contribution >= 4 is 23.3 Å². The molecule has 0 unspecified atom stereocenters. The first-order valence-electron chi connectivity index (χ1n) is 6.07. The Morgan fingerprint density at radius 3 is 2.61 bits per heavy atom. The maximum absolute atomic E-state index is 13.1. The van der Waals surface area contributed by atoms with Gasteiger partial charge in [-0.3, -0.25) is 4.90 Å². The van der Waals surface area contributed by atoms with E-state index in [0.29, 0.717) is 5.69 Å². The first-order chi connectivity index (χ1) is 8.59. The van der Waals surface area contributed by atoms with Crippen LogP contribution in [0, 0.1) is 5.82 Å². The molecule has 0 bridgehead atoms. The number of carbonyl (C=O) groups excluding carboxylic acids is 1. The zero-order chi connectivity index (χ0) is 13.1. The molecule has 1 aromatic rings. The summed E-state index contributed by atoms with van der Waals surface area (Å²) in [6.07, 6.45) is 3.27. The van der Waals surface area contributed by atoms with E-state index in [9.17, 15) is 9.18 Å². The third-order valence-electron chi connectivity index (χ3n) is 3.20. The van der Waals surface area contributed by atoms with E-state index >= 15 is 0 Å². The van der Waals surface area contributed by atoms with Crippen molar-refractivity contribution in [2.75, 3.05) is 25.0 Å². The van der Waals surface area contributed by atoms with Crippen LogP contribution in [0.5, 0.6) is 0 Å². The minimum absolute atomic E-state index is 0.0331. The maximum atomic E-state index is 13.1. The predicted octanol–water partition coefficient (Wildman–Crippen LogP) is 3.52. The average molecular weight is 271 g/mol. The van der Waals surface area contributed by atoms with Gasteiger partial charge in [0.15, 0.2) is 0 Å². The Bertz CT molecular complexity index is 447. The molecule has 0 spiro atoms. The topological polar surface area (TPSA) is 23.6 Å². The van der Waals surface area contributed by atoms with Gasteiger partial charge in [0, 0.05) is 25.8 Å². The van der Waals surface area contributed by atoms with Crippen LogP contribution in [0.1, 0.15) is 19.3 Å². The number of rotatable bonds is 1. The van der Waals surface area contributed by atoms with Gasteiger partial charge in [-0.2, -0.15) is 0 Å². The number of hydrogen-bond donors (Lipinski definition) is 0. The standard InChI is InChI=1S/C13H16ClFN2O/c1-16(10-5-6-12(15)11(14)9-10)13(18)17-7-3-2-4-8-17/h5-6,9H,2-4,7-8H2,1H3. The number of nitrogens with zero attached hydrogens (tertiary/aromatic N) is 2. The SMILES string of the molecule is CN(C(=O)N1CCCCC1)c1ccc(F)c(Cl)c1. The van der Waals surface area contributed by atoms with Gasteiger partial charge in [0.05, 0.1) is 5.02 Å². The average Bonchev–Trinajstić information content (AvgIpc) is 2.41. The third kappa shape index (κ3) is 2.75. The fourth-order valence-electron chi connectivity index (χ4n) is 2.10. The Labute approximate surface area is 111 Å². The molecule has 1 saturated heterocycles. The molecule has 0 N–H and O–H groups in total. The van der Waals surface area contributed by atoms with Crippen molar-refractivity contribution in [3.05, 3.63) is 29.0 Å². The number of urea groups is 1. The first-order valence-corrected chi connectivity index (χ1v) is 6.45. The van der Waals surface area contributed by atoms with Crippen LogP contribution in [0.15, 0.2) is 18.2 Å². The number of likely N-dealkylation sites (tertiary alicyclic amines) is 1. The molecule has 1 aliphatic rings. The lowest BCUT2D eigenvalue weighted by Crippen LogP contribution is -2.43. The minimum atomic E-state index is -0.473. The van der Waals surface area contributed by atoms with Gasteiger partial charge in [0.1, 0.15) is 5.82 Å². The van der Waals surface area contributed by atoms with Crippen LogP contribution in [0.4, 0.5) is 14.9 Å².